The van der Waals surface area contributed by atoms with Gasteiger partial charge in [0.2, 0.25) is 0 Å². The van der Waals surface area contributed by atoms with E-state index in [1.54, 1.807) is 0 Å². The summed E-state index contributed by atoms with van der Waals surface area (Å²) in [7, 11) is 0. The first-order valence-electron chi connectivity index (χ1n) is 8.07. The van der Waals surface area contributed by atoms with E-state index in [9.17, 15) is 9.90 Å². The van der Waals surface area contributed by atoms with Crippen LogP contribution in [0.3, 0.4) is 0 Å². The number of carbonyl (C=O) groups excluding carboxylic acids is 1. The molecule has 0 aromatic heterocycles. The Morgan fingerprint density at radius 3 is 1.58 bits per heavy atom. The molecule has 114 valence electrons. The molecular formula is C16H31O3-. The lowest BCUT2D eigenvalue weighted by Gasteiger charge is -2.10. The van der Waals surface area contributed by atoms with Crippen molar-refractivity contribution in [1.29, 1.82) is 0 Å². The van der Waals surface area contributed by atoms with Gasteiger partial charge in [-0.1, -0.05) is 84.0 Å². The molecule has 0 aromatic carbocycles. The molecule has 0 saturated carbocycles. The maximum atomic E-state index is 10.3. The monoisotopic (exact) mass is 271 g/mol. The summed E-state index contributed by atoms with van der Waals surface area (Å²) < 4.78 is 0. The van der Waals surface area contributed by atoms with Gasteiger partial charge >= 0.3 is 0 Å². The average molecular weight is 271 g/mol. The van der Waals surface area contributed by atoms with Crippen molar-refractivity contribution in [3.8, 4) is 0 Å². The maximum Gasteiger partial charge on any atom is 0.0933 e. The predicted molar refractivity (Wildman–Crippen MR) is 76.7 cm³/mol. The van der Waals surface area contributed by atoms with Gasteiger partial charge in [-0.15, -0.1) is 0 Å². The van der Waals surface area contributed by atoms with Crippen LogP contribution in [-0.4, -0.2) is 17.2 Å². The standard InChI is InChI=1S/C16H32O3/c1-2-3-4-5-6-7-8-9-10-11-12-13-14-15(17)16(18)19/h15,17H,2-14H2,1H3,(H,18,19)/p-1/t15-/m1/s1. The van der Waals surface area contributed by atoms with Crippen LogP contribution in [0, 0.1) is 0 Å². The molecule has 0 radical (unpaired) electrons. The quantitative estimate of drug-likeness (QED) is 0.494. The highest BCUT2D eigenvalue weighted by molar-refractivity contribution is 5.69. The van der Waals surface area contributed by atoms with Crippen molar-refractivity contribution >= 4 is 5.97 Å². The number of rotatable bonds is 14. The van der Waals surface area contributed by atoms with Gasteiger partial charge in [-0.05, 0) is 6.42 Å². The van der Waals surface area contributed by atoms with E-state index in [1.807, 2.05) is 0 Å². The Labute approximate surface area is 118 Å². The molecule has 19 heavy (non-hydrogen) atoms. The van der Waals surface area contributed by atoms with Gasteiger partial charge in [0.25, 0.3) is 0 Å². The van der Waals surface area contributed by atoms with Gasteiger partial charge in [-0.2, -0.15) is 0 Å². The number of carboxylic acid groups (broad SMARTS) is 1. The second-order valence-electron chi connectivity index (χ2n) is 5.51. The van der Waals surface area contributed by atoms with E-state index in [1.165, 1.54) is 57.8 Å². The fourth-order valence-corrected chi connectivity index (χ4v) is 2.30. The Kier molecular flexibility index (Phi) is 13.4. The van der Waals surface area contributed by atoms with Crippen LogP contribution in [0.1, 0.15) is 90.4 Å². The number of aliphatic carboxylic acids is 1. The molecule has 0 bridgehead atoms. The Balaban J connectivity index is 3.05. The van der Waals surface area contributed by atoms with Crippen LogP contribution in [0.25, 0.3) is 0 Å². The molecule has 0 rings (SSSR count). The van der Waals surface area contributed by atoms with Crippen molar-refractivity contribution in [3.63, 3.8) is 0 Å². The first-order valence-corrected chi connectivity index (χ1v) is 8.07. The molecule has 0 amide bonds. The van der Waals surface area contributed by atoms with Crippen molar-refractivity contribution in [2.45, 2.75) is 96.5 Å². The second-order valence-corrected chi connectivity index (χ2v) is 5.51. The fourth-order valence-electron chi connectivity index (χ4n) is 2.30. The van der Waals surface area contributed by atoms with Crippen LogP contribution in [0.2, 0.25) is 0 Å². The molecule has 1 atom stereocenters. The highest BCUT2D eigenvalue weighted by Crippen LogP contribution is 2.12. The van der Waals surface area contributed by atoms with Gasteiger partial charge in [0.05, 0.1) is 12.1 Å². The van der Waals surface area contributed by atoms with Gasteiger partial charge in [0.15, 0.2) is 0 Å². The zero-order chi connectivity index (χ0) is 14.3. The molecule has 0 aliphatic carbocycles. The molecule has 0 unspecified atom stereocenters. The molecule has 3 heteroatoms. The summed E-state index contributed by atoms with van der Waals surface area (Å²) in [4.78, 5) is 10.3. The normalized spacial score (nSPS) is 12.5. The van der Waals surface area contributed by atoms with E-state index in [-0.39, 0.29) is 0 Å². The van der Waals surface area contributed by atoms with Crippen LogP contribution >= 0.6 is 0 Å². The number of carboxylic acids is 1. The molecule has 0 saturated heterocycles. The van der Waals surface area contributed by atoms with Crippen LogP contribution < -0.4 is 5.11 Å². The number of hydrogen-bond acceptors (Lipinski definition) is 3. The zero-order valence-corrected chi connectivity index (χ0v) is 12.5. The smallest absolute Gasteiger partial charge is 0.0933 e. The third-order valence-corrected chi connectivity index (χ3v) is 3.60. The van der Waals surface area contributed by atoms with E-state index >= 15 is 0 Å². The van der Waals surface area contributed by atoms with Gasteiger partial charge in [0, 0.05) is 0 Å². The van der Waals surface area contributed by atoms with Crippen molar-refractivity contribution in [3.05, 3.63) is 0 Å². The Bertz CT molecular complexity index is 204. The minimum absolute atomic E-state index is 0.333. The number of carbonyl (C=O) groups is 1. The predicted octanol–water partition coefficient (Wildman–Crippen LogP) is 3.19. The molecule has 3 nitrogen and oxygen atoms in total. The minimum Gasteiger partial charge on any atom is -0.547 e. The SMILES string of the molecule is CCCCCCCCCCCCCC[C@@H](O)C(=O)[O-]. The molecule has 0 heterocycles. The molecular weight excluding hydrogens is 240 g/mol. The highest BCUT2D eigenvalue weighted by Gasteiger charge is 2.03. The average Bonchev–Trinajstić information content (AvgIpc) is 2.39. The largest absolute Gasteiger partial charge is 0.547 e. The molecule has 0 aliphatic heterocycles. The van der Waals surface area contributed by atoms with Gasteiger partial charge < -0.3 is 15.0 Å². The Hall–Kier alpha value is -0.570. The molecule has 0 aliphatic rings. The van der Waals surface area contributed by atoms with E-state index < -0.39 is 12.1 Å². The summed E-state index contributed by atoms with van der Waals surface area (Å²) in [5, 5.41) is 19.3. The highest BCUT2D eigenvalue weighted by atomic mass is 16.4. The summed E-state index contributed by atoms with van der Waals surface area (Å²) in [5.74, 6) is -1.34. The minimum atomic E-state index is -1.34. The summed E-state index contributed by atoms with van der Waals surface area (Å²) in [6.45, 7) is 2.24. The fraction of sp³-hybridized carbons (Fsp3) is 0.938. The second kappa shape index (κ2) is 13.9. The Morgan fingerprint density at radius 2 is 1.21 bits per heavy atom. The summed E-state index contributed by atoms with van der Waals surface area (Å²) >= 11 is 0. The summed E-state index contributed by atoms with van der Waals surface area (Å²) in [6.07, 6.45) is 14.0. The van der Waals surface area contributed by atoms with Crippen molar-refractivity contribution < 1.29 is 15.0 Å². The lowest BCUT2D eigenvalue weighted by Crippen LogP contribution is -2.35. The first kappa shape index (κ1) is 18.4. The number of aliphatic hydroxyl groups is 1. The third kappa shape index (κ3) is 13.7. The molecule has 1 N–H and O–H groups in total. The van der Waals surface area contributed by atoms with Gasteiger partial charge in [-0.25, -0.2) is 0 Å². The molecule has 0 spiro atoms. The first-order chi connectivity index (χ1) is 9.18. The van der Waals surface area contributed by atoms with Crippen molar-refractivity contribution in [2.24, 2.45) is 0 Å². The summed E-state index contributed by atoms with van der Waals surface area (Å²) in [5.41, 5.74) is 0. The van der Waals surface area contributed by atoms with Gasteiger partial charge in [0.1, 0.15) is 0 Å². The molecule has 0 aromatic rings. The van der Waals surface area contributed by atoms with Crippen molar-refractivity contribution in [2.75, 3.05) is 0 Å². The summed E-state index contributed by atoms with van der Waals surface area (Å²) in [6, 6.07) is 0. The van der Waals surface area contributed by atoms with Crippen molar-refractivity contribution in [1.82, 2.24) is 0 Å². The maximum absolute atomic E-state index is 10.3. The lowest BCUT2D eigenvalue weighted by atomic mass is 10.0. The van der Waals surface area contributed by atoms with E-state index in [2.05, 4.69) is 6.92 Å². The zero-order valence-electron chi connectivity index (χ0n) is 12.5. The van der Waals surface area contributed by atoms with E-state index in [0.717, 1.165) is 19.3 Å². The molecule has 0 fully saturated rings. The number of unbranched alkanes of at least 4 members (excludes halogenated alkanes) is 11. The van der Waals surface area contributed by atoms with Crippen LogP contribution in [0.4, 0.5) is 0 Å². The van der Waals surface area contributed by atoms with E-state index in [4.69, 9.17) is 5.11 Å². The lowest BCUT2D eigenvalue weighted by molar-refractivity contribution is -0.315. The number of hydrogen-bond donors (Lipinski definition) is 1. The Morgan fingerprint density at radius 1 is 0.842 bits per heavy atom. The third-order valence-electron chi connectivity index (χ3n) is 3.60. The number of aliphatic hydroxyl groups excluding tert-OH is 1. The van der Waals surface area contributed by atoms with Gasteiger partial charge in [-0.3, -0.25) is 0 Å². The van der Waals surface area contributed by atoms with E-state index in [0.29, 0.717) is 6.42 Å². The topological polar surface area (TPSA) is 60.4 Å². The van der Waals surface area contributed by atoms with Crippen LogP contribution in [0.5, 0.6) is 0 Å². The van der Waals surface area contributed by atoms with Crippen LogP contribution in [-0.2, 0) is 4.79 Å². The van der Waals surface area contributed by atoms with Crippen LogP contribution in [0.15, 0.2) is 0 Å².